The Labute approximate surface area is 93.8 Å². The van der Waals surface area contributed by atoms with Crippen LogP contribution in [-0.2, 0) is 16.0 Å². The van der Waals surface area contributed by atoms with Crippen molar-refractivity contribution in [1.82, 2.24) is 0 Å². The number of carboxylic acid groups (broad SMARTS) is 1. The molecule has 0 aliphatic carbocycles. The molecule has 74 valence electrons. The average Bonchev–Trinajstić information content (AvgIpc) is 2.12. The molecule has 0 amide bonds. The molecule has 14 heavy (non-hydrogen) atoms. The summed E-state index contributed by atoms with van der Waals surface area (Å²) in [6.45, 7) is 0. The van der Waals surface area contributed by atoms with Gasteiger partial charge in [0, 0.05) is 10.9 Å². The first-order valence-electron chi connectivity index (χ1n) is 3.71. The van der Waals surface area contributed by atoms with Gasteiger partial charge in [-0.1, -0.05) is 23.7 Å². The second-order valence-corrected chi connectivity index (χ2v) is 3.85. The van der Waals surface area contributed by atoms with Gasteiger partial charge in [0.15, 0.2) is 0 Å². The molecule has 0 aromatic heterocycles. The average molecular weight is 278 g/mol. The first-order valence-corrected chi connectivity index (χ1v) is 4.88. The Morgan fingerprint density at radius 3 is 2.64 bits per heavy atom. The van der Waals surface area contributed by atoms with E-state index in [9.17, 15) is 9.59 Å². The van der Waals surface area contributed by atoms with Crippen molar-refractivity contribution in [3.8, 4) is 0 Å². The second-order valence-electron chi connectivity index (χ2n) is 2.62. The molecule has 0 fully saturated rings. The molecular weight excluding hydrogens is 271 g/mol. The molecule has 0 aliphatic heterocycles. The van der Waals surface area contributed by atoms with Crippen LogP contribution in [0.2, 0.25) is 5.02 Å². The molecule has 1 aromatic carbocycles. The van der Waals surface area contributed by atoms with Gasteiger partial charge in [0.1, 0.15) is 0 Å². The number of hydrogen-bond acceptors (Lipinski definition) is 2. The third kappa shape index (κ3) is 2.56. The van der Waals surface area contributed by atoms with Crippen LogP contribution in [0.1, 0.15) is 5.56 Å². The van der Waals surface area contributed by atoms with E-state index in [0.717, 1.165) is 0 Å². The highest BCUT2D eigenvalue weighted by Gasteiger charge is 2.14. The van der Waals surface area contributed by atoms with E-state index in [1.165, 1.54) is 0 Å². The first-order chi connectivity index (χ1) is 6.52. The van der Waals surface area contributed by atoms with Crippen molar-refractivity contribution >= 4 is 39.3 Å². The zero-order valence-corrected chi connectivity index (χ0v) is 9.30. The van der Waals surface area contributed by atoms with E-state index in [2.05, 4.69) is 15.9 Å². The maximum absolute atomic E-state index is 10.9. The quantitative estimate of drug-likeness (QED) is 0.863. The van der Waals surface area contributed by atoms with E-state index in [0.29, 0.717) is 15.1 Å². The maximum atomic E-state index is 10.9. The Morgan fingerprint density at radius 2 is 2.07 bits per heavy atom. The molecule has 5 heteroatoms. The van der Waals surface area contributed by atoms with Gasteiger partial charge in [0.2, 0.25) is 5.78 Å². The van der Waals surface area contributed by atoms with E-state index in [-0.39, 0.29) is 6.42 Å². The predicted molar refractivity (Wildman–Crippen MR) is 55.5 cm³/mol. The van der Waals surface area contributed by atoms with Crippen molar-refractivity contribution in [3.05, 3.63) is 33.3 Å². The molecular formula is C9H6BrClO3. The number of aliphatic carboxylic acids is 1. The monoisotopic (exact) mass is 276 g/mol. The van der Waals surface area contributed by atoms with E-state index >= 15 is 0 Å². The van der Waals surface area contributed by atoms with Crippen LogP contribution in [0.5, 0.6) is 0 Å². The molecule has 0 saturated heterocycles. The normalized spacial score (nSPS) is 9.86. The summed E-state index contributed by atoms with van der Waals surface area (Å²) in [5, 5.41) is 8.78. The molecule has 0 atom stereocenters. The van der Waals surface area contributed by atoms with Crippen molar-refractivity contribution in [1.29, 1.82) is 0 Å². The molecule has 0 radical (unpaired) electrons. The van der Waals surface area contributed by atoms with Crippen molar-refractivity contribution in [3.63, 3.8) is 0 Å². The van der Waals surface area contributed by atoms with Gasteiger partial charge in [0.05, 0.1) is 5.02 Å². The number of rotatable bonds is 3. The first kappa shape index (κ1) is 11.2. The van der Waals surface area contributed by atoms with Crippen LogP contribution in [0.4, 0.5) is 0 Å². The molecule has 1 aromatic rings. The van der Waals surface area contributed by atoms with E-state index in [1.807, 2.05) is 0 Å². The summed E-state index contributed by atoms with van der Waals surface area (Å²) in [5.74, 6) is -2.31. The zero-order chi connectivity index (χ0) is 10.7. The maximum Gasteiger partial charge on any atom is 0.372 e. The van der Waals surface area contributed by atoms with Gasteiger partial charge in [-0.05, 0) is 27.6 Å². The van der Waals surface area contributed by atoms with Crippen LogP contribution < -0.4 is 0 Å². The molecule has 0 unspecified atom stereocenters. The fourth-order valence-electron chi connectivity index (χ4n) is 0.934. The van der Waals surface area contributed by atoms with Gasteiger partial charge in [0.25, 0.3) is 0 Å². The number of carbonyl (C=O) groups is 2. The van der Waals surface area contributed by atoms with Gasteiger partial charge in [-0.15, -0.1) is 0 Å². The minimum absolute atomic E-state index is 0.187. The summed E-state index contributed by atoms with van der Waals surface area (Å²) in [5.41, 5.74) is 0.508. The van der Waals surface area contributed by atoms with Crippen LogP contribution in [0.15, 0.2) is 22.7 Å². The number of hydrogen-bond donors (Lipinski definition) is 1. The summed E-state index contributed by atoms with van der Waals surface area (Å²) in [6, 6.07) is 5.03. The molecule has 0 spiro atoms. The van der Waals surface area contributed by atoms with Crippen molar-refractivity contribution < 1.29 is 14.7 Å². The van der Waals surface area contributed by atoms with Gasteiger partial charge >= 0.3 is 5.97 Å². The lowest BCUT2D eigenvalue weighted by Gasteiger charge is -2.02. The number of halogens is 2. The molecule has 3 nitrogen and oxygen atoms in total. The van der Waals surface area contributed by atoms with E-state index in [1.54, 1.807) is 18.2 Å². The smallest absolute Gasteiger partial charge is 0.372 e. The standard InChI is InChI=1S/C9H6BrClO3/c10-6-3-1-2-5(8(6)11)4-7(12)9(13)14/h1-3H,4H2,(H,13,14). The lowest BCUT2D eigenvalue weighted by molar-refractivity contribution is -0.148. The topological polar surface area (TPSA) is 54.4 Å². The highest BCUT2D eigenvalue weighted by Crippen LogP contribution is 2.26. The van der Waals surface area contributed by atoms with E-state index in [4.69, 9.17) is 16.7 Å². The fourth-order valence-corrected chi connectivity index (χ4v) is 1.53. The Bertz CT molecular complexity index is 390. The third-order valence-electron chi connectivity index (χ3n) is 1.62. The van der Waals surface area contributed by atoms with Crippen molar-refractivity contribution in [2.75, 3.05) is 0 Å². The highest BCUT2D eigenvalue weighted by atomic mass is 79.9. The van der Waals surface area contributed by atoms with Gasteiger partial charge in [-0.2, -0.15) is 0 Å². The predicted octanol–water partition coefficient (Wildman–Crippen LogP) is 2.30. The molecule has 0 heterocycles. The minimum Gasteiger partial charge on any atom is -0.475 e. The number of carboxylic acids is 1. The molecule has 0 aliphatic rings. The van der Waals surface area contributed by atoms with Crippen LogP contribution >= 0.6 is 27.5 Å². The Hall–Kier alpha value is -0.870. The van der Waals surface area contributed by atoms with Crippen LogP contribution in [0.25, 0.3) is 0 Å². The fraction of sp³-hybridized carbons (Fsp3) is 0.111. The summed E-state index contributed by atoms with van der Waals surface area (Å²) in [4.78, 5) is 21.2. The van der Waals surface area contributed by atoms with Gasteiger partial charge in [-0.25, -0.2) is 4.79 Å². The van der Waals surface area contributed by atoms with Crippen molar-refractivity contribution in [2.24, 2.45) is 0 Å². The van der Waals surface area contributed by atoms with Crippen molar-refractivity contribution in [2.45, 2.75) is 6.42 Å². The Balaban J connectivity index is 2.93. The lowest BCUT2D eigenvalue weighted by Crippen LogP contribution is -2.15. The van der Waals surface area contributed by atoms with E-state index < -0.39 is 11.8 Å². The summed E-state index contributed by atoms with van der Waals surface area (Å²) in [6.07, 6.45) is -0.187. The molecule has 1 N–H and O–H groups in total. The lowest BCUT2D eigenvalue weighted by atomic mass is 10.1. The summed E-state index contributed by atoms with van der Waals surface area (Å²) < 4.78 is 0.648. The number of ketones is 1. The van der Waals surface area contributed by atoms with Crippen LogP contribution in [0.3, 0.4) is 0 Å². The van der Waals surface area contributed by atoms with Crippen LogP contribution in [-0.4, -0.2) is 16.9 Å². The van der Waals surface area contributed by atoms with Gasteiger partial charge < -0.3 is 5.11 Å². The summed E-state index contributed by atoms with van der Waals surface area (Å²) in [7, 11) is 0. The zero-order valence-electron chi connectivity index (χ0n) is 6.96. The SMILES string of the molecule is O=C(O)C(=O)Cc1cccc(Br)c1Cl. The van der Waals surface area contributed by atoms with Crippen LogP contribution in [0, 0.1) is 0 Å². The number of Topliss-reactive ketones (excluding diaryl/α,β-unsaturated/α-hetero) is 1. The molecule has 0 bridgehead atoms. The summed E-state index contributed by atoms with van der Waals surface area (Å²) >= 11 is 9.03. The minimum atomic E-state index is -1.44. The second kappa shape index (κ2) is 4.57. The largest absolute Gasteiger partial charge is 0.475 e. The Kier molecular flexibility index (Phi) is 3.66. The number of carbonyl (C=O) groups excluding carboxylic acids is 1. The molecule has 0 saturated carbocycles. The molecule has 1 rings (SSSR count). The number of benzene rings is 1. The van der Waals surface area contributed by atoms with Gasteiger partial charge in [-0.3, -0.25) is 4.79 Å². The highest BCUT2D eigenvalue weighted by molar-refractivity contribution is 9.10. The third-order valence-corrected chi connectivity index (χ3v) is 2.96. The Morgan fingerprint density at radius 1 is 1.43 bits per heavy atom.